The SMILES string of the molecule is O[C@@H]1CCC23c4ccccc4C(c4ccccc42)[C@@H]2C=C[C@]13c1ccccc12. The Morgan fingerprint density at radius 1 is 0.714 bits per heavy atom. The fourth-order valence-electron chi connectivity index (χ4n) is 7.37. The summed E-state index contributed by atoms with van der Waals surface area (Å²) in [6.45, 7) is 0. The van der Waals surface area contributed by atoms with Crippen LogP contribution in [0.2, 0.25) is 0 Å². The summed E-state index contributed by atoms with van der Waals surface area (Å²) >= 11 is 0. The van der Waals surface area contributed by atoms with E-state index in [0.29, 0.717) is 11.8 Å². The molecule has 4 bridgehead atoms. The van der Waals surface area contributed by atoms with E-state index in [-0.39, 0.29) is 11.5 Å². The first-order valence-electron chi connectivity index (χ1n) is 10.4. The van der Waals surface area contributed by atoms with Gasteiger partial charge in [-0.2, -0.15) is 0 Å². The Kier molecular flexibility index (Phi) is 2.65. The predicted molar refractivity (Wildman–Crippen MR) is 111 cm³/mol. The van der Waals surface area contributed by atoms with Crippen molar-refractivity contribution in [2.75, 3.05) is 0 Å². The largest absolute Gasteiger partial charge is 0.392 e. The minimum absolute atomic E-state index is 0.200. The third-order valence-corrected chi connectivity index (χ3v) is 8.23. The lowest BCUT2D eigenvalue weighted by molar-refractivity contribution is 0.107. The normalized spacial score (nSPS) is 35.5. The number of hydrogen-bond acceptors (Lipinski definition) is 1. The molecular weight excluding hydrogens is 340 g/mol. The van der Waals surface area contributed by atoms with Crippen molar-refractivity contribution in [3.63, 3.8) is 0 Å². The van der Waals surface area contributed by atoms with Crippen LogP contribution in [0.1, 0.15) is 58.1 Å². The molecule has 3 aromatic rings. The Morgan fingerprint density at radius 3 is 1.96 bits per heavy atom. The lowest BCUT2D eigenvalue weighted by Crippen LogP contribution is -2.56. The summed E-state index contributed by atoms with van der Waals surface area (Å²) in [7, 11) is 0. The second-order valence-corrected chi connectivity index (χ2v) is 8.95. The maximum Gasteiger partial charge on any atom is 0.0684 e. The van der Waals surface area contributed by atoms with Crippen LogP contribution in [0.5, 0.6) is 0 Å². The van der Waals surface area contributed by atoms with Crippen molar-refractivity contribution in [3.8, 4) is 0 Å². The molecule has 0 radical (unpaired) electrons. The van der Waals surface area contributed by atoms with Crippen molar-refractivity contribution in [1.82, 2.24) is 0 Å². The van der Waals surface area contributed by atoms with Crippen LogP contribution in [0.15, 0.2) is 84.9 Å². The van der Waals surface area contributed by atoms with E-state index in [4.69, 9.17) is 0 Å². The maximum absolute atomic E-state index is 11.6. The fourth-order valence-corrected chi connectivity index (χ4v) is 7.37. The molecule has 2 spiro atoms. The van der Waals surface area contributed by atoms with Crippen LogP contribution < -0.4 is 0 Å². The topological polar surface area (TPSA) is 20.2 Å². The van der Waals surface area contributed by atoms with Crippen molar-refractivity contribution in [2.45, 2.75) is 41.6 Å². The molecule has 1 saturated carbocycles. The quantitative estimate of drug-likeness (QED) is 0.547. The van der Waals surface area contributed by atoms with Gasteiger partial charge < -0.3 is 5.11 Å². The minimum atomic E-state index is -0.391. The van der Waals surface area contributed by atoms with Crippen LogP contribution in [0, 0.1) is 0 Å². The van der Waals surface area contributed by atoms with Crippen molar-refractivity contribution in [3.05, 3.63) is 118 Å². The molecule has 1 fully saturated rings. The van der Waals surface area contributed by atoms with Crippen LogP contribution in [0.3, 0.4) is 0 Å². The molecule has 0 heterocycles. The number of rotatable bonds is 0. The third-order valence-electron chi connectivity index (χ3n) is 8.23. The second kappa shape index (κ2) is 4.85. The number of allylic oxidation sites excluding steroid dienone is 1. The summed E-state index contributed by atoms with van der Waals surface area (Å²) in [6, 6.07) is 27.0. The molecule has 3 aromatic carbocycles. The average Bonchev–Trinajstić information content (AvgIpc) is 3.00. The highest BCUT2D eigenvalue weighted by atomic mass is 16.3. The molecule has 0 amide bonds. The van der Waals surface area contributed by atoms with Gasteiger partial charge in [0.25, 0.3) is 0 Å². The Bertz CT molecular complexity index is 1120. The zero-order valence-electron chi connectivity index (χ0n) is 15.7. The lowest BCUT2D eigenvalue weighted by atomic mass is 9.45. The van der Waals surface area contributed by atoms with Gasteiger partial charge in [-0.05, 0) is 46.2 Å². The van der Waals surface area contributed by atoms with E-state index in [0.717, 1.165) is 12.8 Å². The Labute approximate surface area is 165 Å². The molecule has 1 nitrogen and oxygen atoms in total. The summed E-state index contributed by atoms with van der Waals surface area (Å²) < 4.78 is 0. The Morgan fingerprint density at radius 2 is 1.29 bits per heavy atom. The molecule has 1 heteroatoms. The van der Waals surface area contributed by atoms with Crippen LogP contribution in [-0.2, 0) is 10.8 Å². The van der Waals surface area contributed by atoms with E-state index in [1.165, 1.54) is 33.4 Å². The first-order valence-corrected chi connectivity index (χ1v) is 10.4. The monoisotopic (exact) mass is 362 g/mol. The molecule has 3 atom stereocenters. The van der Waals surface area contributed by atoms with Gasteiger partial charge in [0.1, 0.15) is 0 Å². The minimum Gasteiger partial charge on any atom is -0.392 e. The Hall–Kier alpha value is -2.64. The molecule has 0 saturated heterocycles. The highest BCUT2D eigenvalue weighted by molar-refractivity contribution is 5.70. The maximum atomic E-state index is 11.6. The van der Waals surface area contributed by atoms with Gasteiger partial charge in [0.15, 0.2) is 0 Å². The molecule has 0 unspecified atom stereocenters. The van der Waals surface area contributed by atoms with Gasteiger partial charge in [-0.1, -0.05) is 84.9 Å². The van der Waals surface area contributed by atoms with Gasteiger partial charge in [-0.3, -0.25) is 0 Å². The summed E-state index contributed by atoms with van der Waals surface area (Å²) in [5, 5.41) is 11.6. The predicted octanol–water partition coefficient (Wildman–Crippen LogP) is 5.18. The van der Waals surface area contributed by atoms with Crippen LogP contribution in [0.4, 0.5) is 0 Å². The zero-order valence-corrected chi connectivity index (χ0v) is 15.7. The van der Waals surface area contributed by atoms with Crippen molar-refractivity contribution < 1.29 is 5.11 Å². The van der Waals surface area contributed by atoms with Gasteiger partial charge >= 0.3 is 0 Å². The summed E-state index contributed by atoms with van der Waals surface area (Å²) in [5.74, 6) is 0.654. The van der Waals surface area contributed by atoms with Crippen molar-refractivity contribution in [1.29, 1.82) is 0 Å². The van der Waals surface area contributed by atoms with Crippen LogP contribution in [0.25, 0.3) is 0 Å². The number of hydrogen-bond donors (Lipinski definition) is 1. The average molecular weight is 362 g/mol. The smallest absolute Gasteiger partial charge is 0.0684 e. The van der Waals surface area contributed by atoms with E-state index >= 15 is 0 Å². The molecule has 1 N–H and O–H groups in total. The second-order valence-electron chi connectivity index (χ2n) is 8.95. The van der Waals surface area contributed by atoms with E-state index in [9.17, 15) is 5.11 Å². The zero-order chi connectivity index (χ0) is 18.5. The number of aliphatic hydroxyl groups is 1. The summed E-state index contributed by atoms with van der Waals surface area (Å²) in [5.41, 5.74) is 7.97. The van der Waals surface area contributed by atoms with Gasteiger partial charge in [0, 0.05) is 17.3 Å². The van der Waals surface area contributed by atoms with E-state index < -0.39 is 5.41 Å². The summed E-state index contributed by atoms with van der Waals surface area (Å²) in [4.78, 5) is 0. The van der Waals surface area contributed by atoms with Gasteiger partial charge in [-0.15, -0.1) is 0 Å². The van der Waals surface area contributed by atoms with Crippen molar-refractivity contribution in [2.24, 2.45) is 0 Å². The van der Waals surface area contributed by atoms with Gasteiger partial charge in [0.2, 0.25) is 0 Å². The standard InChI is InChI=1S/C27H22O/c28-24-14-16-26-22-11-5-2-8-19(22)25(20-9-3-6-12-23(20)26)18-13-15-27(24,26)21-10-4-1-7-17(18)21/h1-13,15,18,24-25,28H,14,16H2/t18-,24-,25?,26?,27+/m1/s1. The first-order chi connectivity index (χ1) is 13.8. The molecule has 0 aliphatic heterocycles. The molecule has 136 valence electrons. The van der Waals surface area contributed by atoms with E-state index in [1.54, 1.807) is 0 Å². The number of benzene rings is 3. The van der Waals surface area contributed by atoms with Gasteiger partial charge in [-0.25, -0.2) is 0 Å². The molecule has 5 aliphatic carbocycles. The van der Waals surface area contributed by atoms with Crippen molar-refractivity contribution >= 4 is 0 Å². The highest BCUT2D eigenvalue weighted by Gasteiger charge is 2.67. The highest BCUT2D eigenvalue weighted by Crippen LogP contribution is 2.70. The van der Waals surface area contributed by atoms with Crippen LogP contribution in [-0.4, -0.2) is 11.2 Å². The Balaban J connectivity index is 1.75. The fraction of sp³-hybridized carbons (Fsp3) is 0.259. The molecule has 8 rings (SSSR count). The molecule has 0 aromatic heterocycles. The van der Waals surface area contributed by atoms with E-state index in [1.807, 2.05) is 0 Å². The van der Waals surface area contributed by atoms with Gasteiger partial charge in [0.05, 0.1) is 11.5 Å². The molecular formula is C27H22O. The first kappa shape index (κ1) is 15.3. The van der Waals surface area contributed by atoms with Crippen LogP contribution >= 0.6 is 0 Å². The lowest BCUT2D eigenvalue weighted by Gasteiger charge is -2.57. The summed E-state index contributed by atoms with van der Waals surface area (Å²) in [6.07, 6.45) is 6.26. The number of aliphatic hydroxyl groups excluding tert-OH is 1. The van der Waals surface area contributed by atoms with E-state index in [2.05, 4.69) is 84.9 Å². The molecule has 28 heavy (non-hydrogen) atoms. The third kappa shape index (κ3) is 1.40. The molecule has 5 aliphatic rings.